The molecule has 1 aromatic carbocycles. The first kappa shape index (κ1) is 16.0. The molecule has 0 aromatic heterocycles. The Morgan fingerprint density at radius 3 is 2.71 bits per heavy atom. The highest BCUT2D eigenvalue weighted by atomic mass is 16.5. The Balaban J connectivity index is 2.24. The van der Waals surface area contributed by atoms with Crippen LogP contribution in [0.5, 0.6) is 0 Å². The average molecular weight is 290 g/mol. The van der Waals surface area contributed by atoms with Crippen LogP contribution in [0.3, 0.4) is 0 Å². The van der Waals surface area contributed by atoms with Crippen molar-refractivity contribution in [2.45, 2.75) is 38.8 Å². The second-order valence-corrected chi connectivity index (χ2v) is 6.07. The SMILES string of the molecule is COCC(N)C(=O)N1CCCC(C)C1c1ccc(C)cc1. The van der Waals surface area contributed by atoms with Crippen LogP contribution in [0.25, 0.3) is 0 Å². The summed E-state index contributed by atoms with van der Waals surface area (Å²) in [5, 5.41) is 0. The van der Waals surface area contributed by atoms with Gasteiger partial charge in [0.05, 0.1) is 12.6 Å². The van der Waals surface area contributed by atoms with Crippen LogP contribution in [-0.2, 0) is 9.53 Å². The van der Waals surface area contributed by atoms with Gasteiger partial charge in [-0.2, -0.15) is 0 Å². The predicted molar refractivity (Wildman–Crippen MR) is 83.9 cm³/mol. The number of aryl methyl sites for hydroxylation is 1. The molecule has 4 heteroatoms. The second kappa shape index (κ2) is 7.05. The number of ether oxygens (including phenoxy) is 1. The van der Waals surface area contributed by atoms with Crippen LogP contribution >= 0.6 is 0 Å². The molecule has 2 N–H and O–H groups in total. The third kappa shape index (κ3) is 3.63. The van der Waals surface area contributed by atoms with E-state index in [4.69, 9.17) is 10.5 Å². The van der Waals surface area contributed by atoms with Crippen LogP contribution in [0.4, 0.5) is 0 Å². The fourth-order valence-electron chi connectivity index (χ4n) is 3.17. The Bertz CT molecular complexity index is 472. The molecule has 0 radical (unpaired) electrons. The number of nitrogens with two attached hydrogens (primary N) is 1. The van der Waals surface area contributed by atoms with Crippen LogP contribution in [-0.4, -0.2) is 37.1 Å². The highest BCUT2D eigenvalue weighted by Gasteiger charge is 2.34. The van der Waals surface area contributed by atoms with Gasteiger partial charge >= 0.3 is 0 Å². The van der Waals surface area contributed by atoms with Crippen LogP contribution in [0, 0.1) is 12.8 Å². The molecule has 0 bridgehead atoms. The molecule has 1 aromatic rings. The molecule has 1 amide bonds. The molecular formula is C17H26N2O2. The third-order valence-electron chi connectivity index (χ3n) is 4.30. The first-order chi connectivity index (χ1) is 10.0. The van der Waals surface area contributed by atoms with Crippen molar-refractivity contribution >= 4 is 5.91 Å². The maximum Gasteiger partial charge on any atom is 0.242 e. The summed E-state index contributed by atoms with van der Waals surface area (Å²) in [7, 11) is 1.57. The smallest absolute Gasteiger partial charge is 0.242 e. The van der Waals surface area contributed by atoms with E-state index in [1.54, 1.807) is 7.11 Å². The summed E-state index contributed by atoms with van der Waals surface area (Å²) in [6, 6.07) is 8.01. The fraction of sp³-hybridized carbons (Fsp3) is 0.588. The highest BCUT2D eigenvalue weighted by Crippen LogP contribution is 2.36. The molecule has 1 saturated heterocycles. The Kier molecular flexibility index (Phi) is 5.37. The van der Waals surface area contributed by atoms with Crippen molar-refractivity contribution < 1.29 is 9.53 Å². The second-order valence-electron chi connectivity index (χ2n) is 6.07. The van der Waals surface area contributed by atoms with Crippen molar-refractivity contribution in [3.63, 3.8) is 0 Å². The van der Waals surface area contributed by atoms with Gasteiger partial charge in [0.15, 0.2) is 0 Å². The van der Waals surface area contributed by atoms with Crippen molar-refractivity contribution in [2.75, 3.05) is 20.3 Å². The van der Waals surface area contributed by atoms with Gasteiger partial charge in [0.1, 0.15) is 6.04 Å². The molecule has 3 atom stereocenters. The Labute approximate surface area is 127 Å². The first-order valence-corrected chi connectivity index (χ1v) is 7.66. The summed E-state index contributed by atoms with van der Waals surface area (Å²) in [4.78, 5) is 14.6. The molecule has 3 unspecified atom stereocenters. The normalized spacial score (nSPS) is 23.9. The minimum atomic E-state index is -0.576. The monoisotopic (exact) mass is 290 g/mol. The van der Waals surface area contributed by atoms with Gasteiger partial charge in [-0.05, 0) is 31.2 Å². The van der Waals surface area contributed by atoms with Crippen LogP contribution in [0.1, 0.15) is 36.9 Å². The lowest BCUT2D eigenvalue weighted by molar-refractivity contribution is -0.139. The summed E-state index contributed by atoms with van der Waals surface area (Å²) in [5.74, 6) is 0.439. The average Bonchev–Trinajstić information content (AvgIpc) is 2.47. The molecule has 1 fully saturated rings. The van der Waals surface area contributed by atoms with Crippen LogP contribution in [0.2, 0.25) is 0 Å². The summed E-state index contributed by atoms with van der Waals surface area (Å²) in [5.41, 5.74) is 8.38. The number of rotatable bonds is 4. The van der Waals surface area contributed by atoms with Gasteiger partial charge in [-0.25, -0.2) is 0 Å². The Morgan fingerprint density at radius 1 is 1.43 bits per heavy atom. The quantitative estimate of drug-likeness (QED) is 0.925. The zero-order chi connectivity index (χ0) is 15.4. The number of likely N-dealkylation sites (tertiary alicyclic amines) is 1. The van der Waals surface area contributed by atoms with Crippen molar-refractivity contribution in [1.82, 2.24) is 4.90 Å². The largest absolute Gasteiger partial charge is 0.383 e. The van der Waals surface area contributed by atoms with E-state index in [9.17, 15) is 4.79 Å². The van der Waals surface area contributed by atoms with Gasteiger partial charge in [0.25, 0.3) is 0 Å². The number of carbonyl (C=O) groups is 1. The molecular weight excluding hydrogens is 264 g/mol. The van der Waals surface area contributed by atoms with E-state index in [0.29, 0.717) is 5.92 Å². The topological polar surface area (TPSA) is 55.6 Å². The Morgan fingerprint density at radius 2 is 2.10 bits per heavy atom. The molecule has 1 aliphatic heterocycles. The van der Waals surface area contributed by atoms with Gasteiger partial charge in [-0.15, -0.1) is 0 Å². The van der Waals surface area contributed by atoms with Crippen molar-refractivity contribution in [3.05, 3.63) is 35.4 Å². The van der Waals surface area contributed by atoms with Crippen LogP contribution < -0.4 is 5.73 Å². The van der Waals surface area contributed by atoms with E-state index in [0.717, 1.165) is 19.4 Å². The molecule has 1 heterocycles. The molecule has 0 saturated carbocycles. The lowest BCUT2D eigenvalue weighted by Gasteiger charge is -2.41. The van der Waals surface area contributed by atoms with Gasteiger partial charge < -0.3 is 15.4 Å². The minimum Gasteiger partial charge on any atom is -0.383 e. The Hall–Kier alpha value is -1.39. The van der Waals surface area contributed by atoms with Crippen molar-refractivity contribution in [2.24, 2.45) is 11.7 Å². The maximum absolute atomic E-state index is 12.6. The molecule has 4 nitrogen and oxygen atoms in total. The van der Waals surface area contributed by atoms with Crippen molar-refractivity contribution in [3.8, 4) is 0 Å². The maximum atomic E-state index is 12.6. The lowest BCUT2D eigenvalue weighted by atomic mass is 9.85. The lowest BCUT2D eigenvalue weighted by Crippen LogP contribution is -2.50. The zero-order valence-corrected chi connectivity index (χ0v) is 13.2. The molecule has 1 aliphatic rings. The van der Waals surface area contributed by atoms with Gasteiger partial charge in [-0.3, -0.25) is 4.79 Å². The van der Waals surface area contributed by atoms with E-state index < -0.39 is 6.04 Å². The van der Waals surface area contributed by atoms with E-state index in [1.165, 1.54) is 11.1 Å². The van der Waals surface area contributed by atoms with E-state index in [-0.39, 0.29) is 18.6 Å². The minimum absolute atomic E-state index is 0.00558. The number of hydrogen-bond acceptors (Lipinski definition) is 3. The summed E-state index contributed by atoms with van der Waals surface area (Å²) in [6.45, 7) is 5.33. The summed E-state index contributed by atoms with van der Waals surface area (Å²) >= 11 is 0. The zero-order valence-electron chi connectivity index (χ0n) is 13.2. The number of nitrogens with zero attached hydrogens (tertiary/aromatic N) is 1. The number of carbonyl (C=O) groups excluding carboxylic acids is 1. The number of amides is 1. The number of hydrogen-bond donors (Lipinski definition) is 1. The van der Waals surface area contributed by atoms with E-state index in [1.807, 2.05) is 4.90 Å². The molecule has 116 valence electrons. The van der Waals surface area contributed by atoms with Crippen molar-refractivity contribution in [1.29, 1.82) is 0 Å². The summed E-state index contributed by atoms with van der Waals surface area (Å²) < 4.78 is 5.03. The standard InChI is InChI=1S/C17H26N2O2/c1-12-6-8-14(9-7-12)16-13(2)5-4-10-19(16)17(20)15(18)11-21-3/h6-9,13,15-16H,4-5,10-11,18H2,1-3H3. The van der Waals surface area contributed by atoms with E-state index in [2.05, 4.69) is 38.1 Å². The van der Waals surface area contributed by atoms with Gasteiger partial charge in [0, 0.05) is 13.7 Å². The fourth-order valence-corrected chi connectivity index (χ4v) is 3.17. The molecule has 0 spiro atoms. The van der Waals surface area contributed by atoms with Gasteiger partial charge in [0.2, 0.25) is 5.91 Å². The first-order valence-electron chi connectivity index (χ1n) is 7.66. The number of benzene rings is 1. The van der Waals surface area contributed by atoms with Gasteiger partial charge in [-0.1, -0.05) is 36.8 Å². The number of methoxy groups -OCH3 is 1. The predicted octanol–water partition coefficient (Wildman–Crippen LogP) is 2.27. The number of piperidine rings is 1. The summed E-state index contributed by atoms with van der Waals surface area (Å²) in [6.07, 6.45) is 2.18. The molecule has 0 aliphatic carbocycles. The third-order valence-corrected chi connectivity index (χ3v) is 4.30. The van der Waals surface area contributed by atoms with Crippen LogP contribution in [0.15, 0.2) is 24.3 Å². The van der Waals surface area contributed by atoms with E-state index >= 15 is 0 Å². The molecule has 2 rings (SSSR count). The molecule has 21 heavy (non-hydrogen) atoms. The highest BCUT2D eigenvalue weighted by molar-refractivity contribution is 5.82.